The van der Waals surface area contributed by atoms with Crippen LogP contribution in [0.2, 0.25) is 0 Å². The molecule has 4 rings (SSSR count). The van der Waals surface area contributed by atoms with Crippen molar-refractivity contribution in [3.05, 3.63) is 42.4 Å². The smallest absolute Gasteiger partial charge is 0.329 e. The maximum atomic E-state index is 13.8. The van der Waals surface area contributed by atoms with E-state index in [1.807, 2.05) is 30.3 Å². The van der Waals surface area contributed by atoms with Gasteiger partial charge in [0.2, 0.25) is 5.91 Å². The fourth-order valence-electron chi connectivity index (χ4n) is 5.69. The number of aliphatic carboxylic acids is 1. The maximum absolute atomic E-state index is 13.8. The molecule has 0 bridgehead atoms. The van der Waals surface area contributed by atoms with Gasteiger partial charge in [0.25, 0.3) is 0 Å². The summed E-state index contributed by atoms with van der Waals surface area (Å²) in [4.78, 5) is 43.4. The molecule has 0 aliphatic heterocycles. The first-order chi connectivity index (χ1) is 18.4. The summed E-state index contributed by atoms with van der Waals surface area (Å²) in [6.45, 7) is 0.304. The van der Waals surface area contributed by atoms with Crippen LogP contribution < -0.4 is 5.32 Å². The number of hydrogen-bond donors (Lipinski definition) is 2. The molecule has 0 spiro atoms. The third-order valence-electron chi connectivity index (χ3n) is 7.86. The molecule has 2 fully saturated rings. The molecule has 2 aromatic rings. The molecule has 2 atom stereocenters. The van der Waals surface area contributed by atoms with Crippen molar-refractivity contribution in [3.8, 4) is 11.3 Å². The highest BCUT2D eigenvalue weighted by atomic mass is 16.5. The first-order valence-electron chi connectivity index (χ1n) is 13.6. The highest BCUT2D eigenvalue weighted by Crippen LogP contribution is 2.44. The first-order valence-corrected chi connectivity index (χ1v) is 13.6. The van der Waals surface area contributed by atoms with Crippen LogP contribution in [0.15, 0.2) is 40.9 Å². The summed E-state index contributed by atoms with van der Waals surface area (Å²) < 4.78 is 16.8. The number of ether oxygens (including phenoxy) is 2. The number of rotatable bonds is 13. The van der Waals surface area contributed by atoms with Gasteiger partial charge in [-0.25, -0.2) is 9.78 Å². The summed E-state index contributed by atoms with van der Waals surface area (Å²) in [6.07, 6.45) is 8.51. The van der Waals surface area contributed by atoms with Crippen molar-refractivity contribution in [1.29, 1.82) is 0 Å². The molecule has 0 radical (unpaired) electrons. The van der Waals surface area contributed by atoms with Crippen LogP contribution in [0, 0.1) is 11.3 Å². The average Bonchev–Trinajstić information content (AvgIpc) is 3.69. The lowest BCUT2D eigenvalue weighted by atomic mass is 9.75. The van der Waals surface area contributed by atoms with Crippen molar-refractivity contribution in [1.82, 2.24) is 10.3 Å². The predicted molar refractivity (Wildman–Crippen MR) is 139 cm³/mol. The van der Waals surface area contributed by atoms with Crippen LogP contribution >= 0.6 is 0 Å². The number of nitrogens with zero attached hydrogens (tertiary/aromatic N) is 1. The van der Waals surface area contributed by atoms with E-state index in [1.165, 1.54) is 7.11 Å². The number of carboxylic acids is 1. The van der Waals surface area contributed by atoms with E-state index >= 15 is 0 Å². The first kappa shape index (κ1) is 27.8. The maximum Gasteiger partial charge on any atom is 0.329 e. The number of carbonyl (C=O) groups excluding carboxylic acids is 2. The number of hydrogen-bond acceptors (Lipinski definition) is 7. The summed E-state index contributed by atoms with van der Waals surface area (Å²) in [5.41, 5.74) is 0.00938. The molecule has 1 unspecified atom stereocenters. The van der Waals surface area contributed by atoms with Gasteiger partial charge in [0.05, 0.1) is 24.0 Å². The molecule has 2 saturated carbocycles. The van der Waals surface area contributed by atoms with Crippen LogP contribution in [0.3, 0.4) is 0 Å². The summed E-state index contributed by atoms with van der Waals surface area (Å²) >= 11 is 0. The average molecular weight is 527 g/mol. The zero-order valence-electron chi connectivity index (χ0n) is 22.0. The molecule has 2 N–H and O–H groups in total. The highest BCUT2D eigenvalue weighted by molar-refractivity contribution is 5.89. The van der Waals surface area contributed by atoms with Gasteiger partial charge in [-0.2, -0.15) is 0 Å². The molecule has 1 aromatic carbocycles. The minimum atomic E-state index is -0.981. The zero-order valence-corrected chi connectivity index (χ0v) is 22.0. The van der Waals surface area contributed by atoms with Crippen molar-refractivity contribution in [2.24, 2.45) is 11.3 Å². The van der Waals surface area contributed by atoms with Gasteiger partial charge in [-0.1, -0.05) is 43.2 Å². The molecular formula is C29H38N2O7. The fraction of sp³-hybridized carbons (Fsp3) is 0.586. The monoisotopic (exact) mass is 526 g/mol. The normalized spacial score (nSPS) is 18.7. The second-order valence-electron chi connectivity index (χ2n) is 10.6. The van der Waals surface area contributed by atoms with Gasteiger partial charge in [-0.15, -0.1) is 0 Å². The van der Waals surface area contributed by atoms with E-state index in [1.54, 1.807) is 6.20 Å². The summed E-state index contributed by atoms with van der Waals surface area (Å²) in [5, 5.41) is 12.7. The Kier molecular flexibility index (Phi) is 9.55. The van der Waals surface area contributed by atoms with Crippen molar-refractivity contribution >= 4 is 17.8 Å². The Balaban J connectivity index is 1.52. The molecule has 1 aromatic heterocycles. The number of oxazole rings is 1. The second kappa shape index (κ2) is 13.0. The topological polar surface area (TPSA) is 128 Å². The Morgan fingerprint density at radius 3 is 2.50 bits per heavy atom. The van der Waals surface area contributed by atoms with Crippen LogP contribution in [0.5, 0.6) is 0 Å². The minimum absolute atomic E-state index is 0.0479. The van der Waals surface area contributed by atoms with Gasteiger partial charge < -0.3 is 24.3 Å². The molecule has 9 nitrogen and oxygen atoms in total. The Labute approximate surface area is 223 Å². The largest absolute Gasteiger partial charge is 0.481 e. The Bertz CT molecular complexity index is 1070. The highest BCUT2D eigenvalue weighted by Gasteiger charge is 2.45. The molecule has 38 heavy (non-hydrogen) atoms. The molecule has 206 valence electrons. The van der Waals surface area contributed by atoms with Gasteiger partial charge in [-0.3, -0.25) is 9.59 Å². The fourth-order valence-corrected chi connectivity index (χ4v) is 5.69. The van der Waals surface area contributed by atoms with Gasteiger partial charge in [-0.05, 0) is 51.4 Å². The van der Waals surface area contributed by atoms with E-state index in [-0.39, 0.29) is 24.9 Å². The van der Waals surface area contributed by atoms with Gasteiger partial charge >= 0.3 is 11.9 Å². The van der Waals surface area contributed by atoms with E-state index in [0.717, 1.165) is 44.1 Å². The van der Waals surface area contributed by atoms with Gasteiger partial charge in [0.15, 0.2) is 11.7 Å². The molecule has 1 heterocycles. The molecule has 2 aliphatic rings. The van der Waals surface area contributed by atoms with E-state index < -0.39 is 29.3 Å². The van der Waals surface area contributed by atoms with Crippen molar-refractivity contribution in [2.75, 3.05) is 13.7 Å². The number of carboxylic acid groups (broad SMARTS) is 1. The Hall–Kier alpha value is -3.20. The van der Waals surface area contributed by atoms with Gasteiger partial charge in [0, 0.05) is 19.3 Å². The number of carbonyl (C=O) groups is 3. The number of amides is 1. The molecule has 9 heteroatoms. The summed E-state index contributed by atoms with van der Waals surface area (Å²) in [7, 11) is 1.53. The minimum Gasteiger partial charge on any atom is -0.481 e. The molecule has 1 amide bonds. The van der Waals surface area contributed by atoms with E-state index in [4.69, 9.17) is 13.9 Å². The van der Waals surface area contributed by atoms with Crippen molar-refractivity contribution in [3.63, 3.8) is 0 Å². The lowest BCUT2D eigenvalue weighted by molar-refractivity contribution is -0.154. The number of benzene rings is 1. The standard InChI is InChI=1S/C29H38N2O7/c1-36-16-13-21(26(32)33)18-29(14-7-8-15-29)28(35)31-23(27(34)37-22-11-5-6-12-22)17-25-30-19-24(38-25)20-9-3-2-4-10-20/h2-4,9-10,19,21-23H,5-8,11-18H2,1H3,(H,31,35)(H,32,33)/t21-,23?/m1/s1. The Morgan fingerprint density at radius 1 is 1.13 bits per heavy atom. The molecule has 2 aliphatic carbocycles. The number of nitrogens with one attached hydrogen (secondary N) is 1. The van der Waals surface area contributed by atoms with Crippen LogP contribution in [0.25, 0.3) is 11.3 Å². The SMILES string of the molecule is COCC[C@H](CC1(C(=O)NC(Cc2ncc(-c3ccccc3)o2)C(=O)OC2CCCC2)CCCC1)C(=O)O. The number of methoxy groups -OCH3 is 1. The lowest BCUT2D eigenvalue weighted by Gasteiger charge is -2.32. The summed E-state index contributed by atoms with van der Waals surface area (Å²) in [5.74, 6) is -1.56. The van der Waals surface area contributed by atoms with Gasteiger partial charge in [0.1, 0.15) is 12.1 Å². The summed E-state index contributed by atoms with van der Waals surface area (Å²) in [6, 6.07) is 8.54. The van der Waals surface area contributed by atoms with Crippen LogP contribution in [-0.4, -0.2) is 53.8 Å². The molecule has 0 saturated heterocycles. The van der Waals surface area contributed by atoms with E-state index in [9.17, 15) is 19.5 Å². The quantitative estimate of drug-likeness (QED) is 0.364. The number of esters is 1. The lowest BCUT2D eigenvalue weighted by Crippen LogP contribution is -2.50. The second-order valence-corrected chi connectivity index (χ2v) is 10.6. The van der Waals surface area contributed by atoms with Crippen LogP contribution in [0.4, 0.5) is 0 Å². The molecular weight excluding hydrogens is 488 g/mol. The third-order valence-corrected chi connectivity index (χ3v) is 7.86. The van der Waals surface area contributed by atoms with E-state index in [2.05, 4.69) is 10.3 Å². The Morgan fingerprint density at radius 2 is 1.84 bits per heavy atom. The van der Waals surface area contributed by atoms with Crippen LogP contribution in [-0.2, 0) is 30.3 Å². The number of aromatic nitrogens is 1. The zero-order chi connectivity index (χ0) is 27.0. The third kappa shape index (κ3) is 7.01. The van der Waals surface area contributed by atoms with E-state index in [0.29, 0.717) is 37.5 Å². The van der Waals surface area contributed by atoms with Crippen molar-refractivity contribution in [2.45, 2.75) is 82.8 Å². The van der Waals surface area contributed by atoms with Crippen molar-refractivity contribution < 1.29 is 33.4 Å². The van der Waals surface area contributed by atoms with Crippen LogP contribution in [0.1, 0.15) is 70.1 Å². The predicted octanol–water partition coefficient (Wildman–Crippen LogP) is 4.54.